The first-order valence-electron chi connectivity index (χ1n) is 4.24. The molecule has 3 heteroatoms. The maximum Gasteiger partial charge on any atom is 0.0399 e. The molecule has 1 aliphatic rings. The van der Waals surface area contributed by atoms with Crippen molar-refractivity contribution >= 4 is 23.8 Å². The molecule has 13 heavy (non-hydrogen) atoms. The molecule has 1 aliphatic heterocycles. The van der Waals surface area contributed by atoms with Gasteiger partial charge in [-0.1, -0.05) is 19.9 Å². The Labute approximate surface area is 84.9 Å². The van der Waals surface area contributed by atoms with Crippen molar-refractivity contribution in [3.63, 3.8) is 0 Å². The minimum absolute atomic E-state index is 0. The molecule has 0 unspecified atom stereocenters. The van der Waals surface area contributed by atoms with Gasteiger partial charge in [-0.2, -0.15) is 0 Å². The molecule has 0 amide bonds. The van der Waals surface area contributed by atoms with Gasteiger partial charge in [-0.05, 0) is 12.1 Å². The van der Waals surface area contributed by atoms with E-state index in [0.29, 0.717) is 0 Å². The van der Waals surface area contributed by atoms with E-state index in [1.165, 1.54) is 11.3 Å². The Bertz CT molecular complexity index is 321. The van der Waals surface area contributed by atoms with Crippen molar-refractivity contribution in [3.05, 3.63) is 23.8 Å². The van der Waals surface area contributed by atoms with E-state index in [1.54, 1.807) is 0 Å². The fourth-order valence-corrected chi connectivity index (χ4v) is 1.88. The summed E-state index contributed by atoms with van der Waals surface area (Å²) in [6, 6.07) is 6.04. The third kappa shape index (κ3) is 1.46. The highest BCUT2D eigenvalue weighted by Crippen LogP contribution is 2.39. The Morgan fingerprint density at radius 1 is 1.38 bits per heavy atom. The minimum Gasteiger partial charge on any atom is -0.398 e. The lowest BCUT2D eigenvalue weighted by atomic mass is 9.86. The summed E-state index contributed by atoms with van der Waals surface area (Å²) in [4.78, 5) is 0. The summed E-state index contributed by atoms with van der Waals surface area (Å²) in [5.74, 6) is 0. The fourth-order valence-electron chi connectivity index (χ4n) is 1.88. The van der Waals surface area contributed by atoms with Crippen LogP contribution >= 0.6 is 12.4 Å². The van der Waals surface area contributed by atoms with E-state index < -0.39 is 0 Å². The molecule has 0 aliphatic carbocycles. The minimum atomic E-state index is 0. The summed E-state index contributed by atoms with van der Waals surface area (Å²) in [6.07, 6.45) is 0. The van der Waals surface area contributed by atoms with Gasteiger partial charge in [-0.15, -0.1) is 12.4 Å². The number of hydrogen-bond acceptors (Lipinski definition) is 2. The molecule has 2 nitrogen and oxygen atoms in total. The number of anilines is 2. The predicted molar refractivity (Wildman–Crippen MR) is 59.6 cm³/mol. The first-order valence-corrected chi connectivity index (χ1v) is 4.24. The molecule has 0 saturated heterocycles. The molecule has 0 spiro atoms. The highest BCUT2D eigenvalue weighted by molar-refractivity contribution is 5.85. The van der Waals surface area contributed by atoms with Gasteiger partial charge >= 0.3 is 0 Å². The van der Waals surface area contributed by atoms with Crippen LogP contribution in [-0.4, -0.2) is 6.54 Å². The number of halogens is 1. The Morgan fingerprint density at radius 2 is 2.08 bits per heavy atom. The Balaban J connectivity index is 0.000000845. The maximum atomic E-state index is 5.91. The molecular formula is C10H15ClN2. The van der Waals surface area contributed by atoms with Gasteiger partial charge in [-0.25, -0.2) is 0 Å². The van der Waals surface area contributed by atoms with Gasteiger partial charge in [0.1, 0.15) is 0 Å². The van der Waals surface area contributed by atoms with Crippen LogP contribution in [0.2, 0.25) is 0 Å². The first-order chi connectivity index (χ1) is 5.61. The van der Waals surface area contributed by atoms with Crippen molar-refractivity contribution in [1.29, 1.82) is 0 Å². The van der Waals surface area contributed by atoms with Crippen LogP contribution < -0.4 is 11.1 Å². The smallest absolute Gasteiger partial charge is 0.0399 e. The van der Waals surface area contributed by atoms with Crippen LogP contribution in [0.15, 0.2) is 18.2 Å². The molecule has 0 fully saturated rings. The second-order valence-corrected chi connectivity index (χ2v) is 4.01. The quantitative estimate of drug-likeness (QED) is 0.629. The zero-order valence-corrected chi connectivity index (χ0v) is 8.74. The van der Waals surface area contributed by atoms with Gasteiger partial charge in [0.05, 0.1) is 0 Å². The molecule has 0 saturated carbocycles. The standard InChI is InChI=1S/C10H14N2.ClH/c1-10(2)6-12-8-5-3-4-7(11)9(8)10;/h3-5,12H,6,11H2,1-2H3;1H. The molecule has 3 N–H and O–H groups in total. The molecule has 0 atom stereocenters. The van der Waals surface area contributed by atoms with Crippen molar-refractivity contribution in [2.45, 2.75) is 19.3 Å². The van der Waals surface area contributed by atoms with E-state index in [1.807, 2.05) is 12.1 Å². The lowest BCUT2D eigenvalue weighted by Crippen LogP contribution is -2.20. The molecule has 72 valence electrons. The number of fused-ring (bicyclic) bond motifs is 1. The number of benzene rings is 1. The summed E-state index contributed by atoms with van der Waals surface area (Å²) < 4.78 is 0. The van der Waals surface area contributed by atoms with Crippen LogP contribution in [0.5, 0.6) is 0 Å². The average Bonchev–Trinajstić information content (AvgIpc) is 2.29. The SMILES string of the molecule is CC1(C)CNc2cccc(N)c21.Cl. The van der Waals surface area contributed by atoms with Crippen LogP contribution in [0.3, 0.4) is 0 Å². The van der Waals surface area contributed by atoms with Gasteiger partial charge in [0.25, 0.3) is 0 Å². The number of nitrogen functional groups attached to an aromatic ring is 1. The summed E-state index contributed by atoms with van der Waals surface area (Å²) >= 11 is 0. The third-order valence-electron chi connectivity index (χ3n) is 2.49. The zero-order valence-electron chi connectivity index (χ0n) is 7.92. The second kappa shape index (κ2) is 3.11. The van der Waals surface area contributed by atoms with Crippen LogP contribution in [0.1, 0.15) is 19.4 Å². The first kappa shape index (κ1) is 10.2. The van der Waals surface area contributed by atoms with Gasteiger partial charge in [-0.3, -0.25) is 0 Å². The Hall–Kier alpha value is -0.890. The highest BCUT2D eigenvalue weighted by atomic mass is 35.5. The van der Waals surface area contributed by atoms with Crippen molar-refractivity contribution in [2.24, 2.45) is 0 Å². The Kier molecular flexibility index (Phi) is 2.44. The summed E-state index contributed by atoms with van der Waals surface area (Å²) in [7, 11) is 0. The van der Waals surface area contributed by atoms with Gasteiger partial charge < -0.3 is 11.1 Å². The van der Waals surface area contributed by atoms with Crippen molar-refractivity contribution in [3.8, 4) is 0 Å². The maximum absolute atomic E-state index is 5.91. The molecule has 1 aromatic carbocycles. The van der Waals surface area contributed by atoms with E-state index in [9.17, 15) is 0 Å². The van der Waals surface area contributed by atoms with E-state index in [2.05, 4.69) is 25.2 Å². The number of hydrogen-bond donors (Lipinski definition) is 2. The third-order valence-corrected chi connectivity index (χ3v) is 2.49. The Morgan fingerprint density at radius 3 is 2.69 bits per heavy atom. The topological polar surface area (TPSA) is 38.0 Å². The van der Waals surface area contributed by atoms with Crippen molar-refractivity contribution in [1.82, 2.24) is 0 Å². The summed E-state index contributed by atoms with van der Waals surface area (Å²) in [5.41, 5.74) is 9.46. The second-order valence-electron chi connectivity index (χ2n) is 4.01. The van der Waals surface area contributed by atoms with Crippen LogP contribution in [0.25, 0.3) is 0 Å². The van der Waals surface area contributed by atoms with Crippen molar-refractivity contribution < 1.29 is 0 Å². The molecule has 0 aromatic heterocycles. The van der Waals surface area contributed by atoms with E-state index in [0.717, 1.165) is 12.2 Å². The number of nitrogens with two attached hydrogens (primary N) is 1. The molecule has 1 aromatic rings. The normalized spacial score (nSPS) is 17.1. The largest absolute Gasteiger partial charge is 0.398 e. The lowest BCUT2D eigenvalue weighted by Gasteiger charge is -2.18. The van der Waals surface area contributed by atoms with Gasteiger partial charge in [0.15, 0.2) is 0 Å². The average molecular weight is 199 g/mol. The predicted octanol–water partition coefficient (Wildman–Crippen LogP) is 2.39. The molecule has 1 heterocycles. The number of nitrogens with one attached hydrogen (secondary N) is 1. The van der Waals surface area contributed by atoms with Gasteiger partial charge in [0.2, 0.25) is 0 Å². The van der Waals surface area contributed by atoms with E-state index >= 15 is 0 Å². The zero-order chi connectivity index (χ0) is 8.77. The number of rotatable bonds is 0. The van der Waals surface area contributed by atoms with E-state index in [4.69, 9.17) is 5.73 Å². The lowest BCUT2D eigenvalue weighted by molar-refractivity contribution is 0.588. The monoisotopic (exact) mass is 198 g/mol. The van der Waals surface area contributed by atoms with Crippen LogP contribution in [0, 0.1) is 0 Å². The van der Waals surface area contributed by atoms with Crippen LogP contribution in [0.4, 0.5) is 11.4 Å². The van der Waals surface area contributed by atoms with E-state index in [-0.39, 0.29) is 17.8 Å². The highest BCUT2D eigenvalue weighted by Gasteiger charge is 2.31. The molecular weight excluding hydrogens is 184 g/mol. The molecule has 2 rings (SSSR count). The van der Waals surface area contributed by atoms with Gasteiger partial charge in [0, 0.05) is 28.9 Å². The summed E-state index contributed by atoms with van der Waals surface area (Å²) in [5, 5.41) is 3.35. The molecule has 0 radical (unpaired) electrons. The van der Waals surface area contributed by atoms with Crippen molar-refractivity contribution in [2.75, 3.05) is 17.6 Å². The van der Waals surface area contributed by atoms with Crippen LogP contribution in [-0.2, 0) is 5.41 Å². The summed E-state index contributed by atoms with van der Waals surface area (Å²) in [6.45, 7) is 5.40. The fraction of sp³-hybridized carbons (Fsp3) is 0.400. The molecule has 0 bridgehead atoms.